The lowest BCUT2D eigenvalue weighted by Gasteiger charge is -2.33. The Labute approximate surface area is 164 Å². The number of hydrogen-bond acceptors (Lipinski definition) is 7. The van der Waals surface area contributed by atoms with Gasteiger partial charge in [-0.15, -0.1) is 0 Å². The lowest BCUT2D eigenvalue weighted by atomic mass is 10.2. The molecule has 0 aliphatic carbocycles. The smallest absolute Gasteiger partial charge is 0.335 e. The number of piperazine rings is 1. The molecule has 154 valence electrons. The van der Waals surface area contributed by atoms with Gasteiger partial charge in [0, 0.05) is 32.8 Å². The van der Waals surface area contributed by atoms with E-state index >= 15 is 0 Å². The van der Waals surface area contributed by atoms with Crippen LogP contribution < -0.4 is 4.74 Å². The van der Waals surface area contributed by atoms with E-state index in [1.807, 2.05) is 0 Å². The summed E-state index contributed by atoms with van der Waals surface area (Å²) in [6, 6.07) is 6.18. The summed E-state index contributed by atoms with van der Waals surface area (Å²) in [5, 5.41) is 0. The molecule has 1 atom stereocenters. The van der Waals surface area contributed by atoms with Crippen LogP contribution >= 0.6 is 0 Å². The summed E-state index contributed by atoms with van der Waals surface area (Å²) in [7, 11) is -2.12. The number of benzene rings is 1. The van der Waals surface area contributed by atoms with E-state index in [0.717, 1.165) is 6.42 Å². The molecule has 0 aromatic heterocycles. The van der Waals surface area contributed by atoms with E-state index in [4.69, 9.17) is 14.2 Å². The van der Waals surface area contributed by atoms with E-state index in [-0.39, 0.29) is 43.6 Å². The summed E-state index contributed by atoms with van der Waals surface area (Å²) >= 11 is 0. The first-order valence-electron chi connectivity index (χ1n) is 9.12. The molecule has 0 radical (unpaired) electrons. The SMILES string of the molecule is COc1ccc(S(=O)(=O)N2CCN(C(=O)COC(=O)[C@H]3CCCO3)CC2)cc1. The predicted molar refractivity (Wildman–Crippen MR) is 98.3 cm³/mol. The van der Waals surface area contributed by atoms with Gasteiger partial charge in [0.15, 0.2) is 12.7 Å². The number of nitrogens with zero attached hydrogens (tertiary/aromatic N) is 2. The van der Waals surface area contributed by atoms with Crippen molar-refractivity contribution < 1.29 is 32.2 Å². The first kappa shape index (κ1) is 20.6. The number of rotatable bonds is 6. The van der Waals surface area contributed by atoms with Crippen molar-refractivity contribution >= 4 is 21.9 Å². The lowest BCUT2D eigenvalue weighted by Crippen LogP contribution is -2.51. The van der Waals surface area contributed by atoms with Crippen LogP contribution in [0.15, 0.2) is 29.2 Å². The molecule has 0 bridgehead atoms. The van der Waals surface area contributed by atoms with Gasteiger partial charge in [-0.2, -0.15) is 4.31 Å². The van der Waals surface area contributed by atoms with Crippen LogP contribution in [0.25, 0.3) is 0 Å². The Balaban J connectivity index is 1.50. The molecule has 2 saturated heterocycles. The highest BCUT2D eigenvalue weighted by molar-refractivity contribution is 7.89. The van der Waals surface area contributed by atoms with Crippen LogP contribution in [0.4, 0.5) is 0 Å². The molecule has 3 rings (SSSR count). The van der Waals surface area contributed by atoms with E-state index in [9.17, 15) is 18.0 Å². The highest BCUT2D eigenvalue weighted by Crippen LogP contribution is 2.21. The van der Waals surface area contributed by atoms with Gasteiger partial charge >= 0.3 is 5.97 Å². The van der Waals surface area contributed by atoms with Crippen molar-refractivity contribution in [3.8, 4) is 5.75 Å². The maximum absolute atomic E-state index is 12.7. The molecule has 2 aliphatic heterocycles. The van der Waals surface area contributed by atoms with Gasteiger partial charge in [-0.05, 0) is 37.1 Å². The zero-order chi connectivity index (χ0) is 20.1. The van der Waals surface area contributed by atoms with Crippen LogP contribution in [0.1, 0.15) is 12.8 Å². The molecule has 0 spiro atoms. The van der Waals surface area contributed by atoms with Gasteiger partial charge in [-0.25, -0.2) is 13.2 Å². The van der Waals surface area contributed by atoms with Crippen molar-refractivity contribution in [2.24, 2.45) is 0 Å². The Bertz CT molecular complexity index is 796. The molecule has 10 heteroatoms. The fourth-order valence-corrected chi connectivity index (χ4v) is 4.58. The number of esters is 1. The largest absolute Gasteiger partial charge is 0.497 e. The molecule has 2 aliphatic rings. The number of carbonyl (C=O) groups is 2. The Morgan fingerprint density at radius 1 is 1.14 bits per heavy atom. The summed E-state index contributed by atoms with van der Waals surface area (Å²) in [6.45, 7) is 1.01. The minimum absolute atomic E-state index is 0.179. The molecule has 0 unspecified atom stereocenters. The first-order chi connectivity index (χ1) is 13.4. The quantitative estimate of drug-likeness (QED) is 0.617. The van der Waals surface area contributed by atoms with Crippen LogP contribution in [0.5, 0.6) is 5.75 Å². The minimum Gasteiger partial charge on any atom is -0.497 e. The Kier molecular flexibility index (Phi) is 6.53. The van der Waals surface area contributed by atoms with Crippen molar-refractivity contribution in [3.63, 3.8) is 0 Å². The van der Waals surface area contributed by atoms with Gasteiger partial charge in [0.2, 0.25) is 10.0 Å². The standard InChI is InChI=1S/C18H24N2O7S/c1-25-14-4-6-15(7-5-14)28(23,24)20-10-8-19(9-11-20)17(21)13-27-18(22)16-3-2-12-26-16/h4-7,16H,2-3,8-13H2,1H3/t16-/m1/s1. The number of carbonyl (C=O) groups excluding carboxylic acids is 2. The summed E-state index contributed by atoms with van der Waals surface area (Å²) in [5.74, 6) is -0.286. The summed E-state index contributed by atoms with van der Waals surface area (Å²) in [4.78, 5) is 25.7. The maximum atomic E-state index is 12.7. The molecule has 2 heterocycles. The third kappa shape index (κ3) is 4.62. The third-order valence-corrected chi connectivity index (χ3v) is 6.73. The van der Waals surface area contributed by atoms with E-state index in [0.29, 0.717) is 18.8 Å². The second-order valence-electron chi connectivity index (χ2n) is 6.57. The normalized spacial score (nSPS) is 20.8. The van der Waals surface area contributed by atoms with E-state index in [1.54, 1.807) is 12.1 Å². The Hall–Kier alpha value is -2.17. The second kappa shape index (κ2) is 8.89. The molecule has 1 amide bonds. The maximum Gasteiger partial charge on any atom is 0.335 e. The summed E-state index contributed by atoms with van der Waals surface area (Å²) in [6.07, 6.45) is 0.826. The van der Waals surface area contributed by atoms with Gasteiger partial charge in [0.1, 0.15) is 5.75 Å². The first-order valence-corrected chi connectivity index (χ1v) is 10.6. The van der Waals surface area contributed by atoms with Crippen LogP contribution in [0, 0.1) is 0 Å². The van der Waals surface area contributed by atoms with E-state index in [2.05, 4.69) is 0 Å². The average Bonchev–Trinajstić information content (AvgIpc) is 3.27. The molecule has 2 fully saturated rings. The van der Waals surface area contributed by atoms with Crippen molar-refractivity contribution in [1.29, 1.82) is 0 Å². The monoisotopic (exact) mass is 412 g/mol. The molecular formula is C18H24N2O7S. The molecule has 0 N–H and O–H groups in total. The Morgan fingerprint density at radius 2 is 1.82 bits per heavy atom. The topological polar surface area (TPSA) is 102 Å². The van der Waals surface area contributed by atoms with E-state index in [1.165, 1.54) is 28.4 Å². The zero-order valence-electron chi connectivity index (χ0n) is 15.7. The van der Waals surface area contributed by atoms with Crippen LogP contribution in [-0.2, 0) is 29.1 Å². The van der Waals surface area contributed by atoms with Crippen molar-refractivity contribution in [3.05, 3.63) is 24.3 Å². The molecule has 9 nitrogen and oxygen atoms in total. The van der Waals surface area contributed by atoms with Gasteiger partial charge in [0.25, 0.3) is 5.91 Å². The van der Waals surface area contributed by atoms with Crippen LogP contribution in [-0.4, -0.2) is 82.1 Å². The molecular weight excluding hydrogens is 388 g/mol. The fourth-order valence-electron chi connectivity index (χ4n) is 3.16. The van der Waals surface area contributed by atoms with Gasteiger partial charge in [-0.1, -0.05) is 0 Å². The van der Waals surface area contributed by atoms with Crippen molar-refractivity contribution in [2.45, 2.75) is 23.8 Å². The predicted octanol–water partition coefficient (Wildman–Crippen LogP) is 0.250. The average molecular weight is 412 g/mol. The number of sulfonamides is 1. The van der Waals surface area contributed by atoms with Crippen molar-refractivity contribution in [2.75, 3.05) is 46.5 Å². The third-order valence-electron chi connectivity index (χ3n) is 4.82. The minimum atomic E-state index is -3.64. The molecule has 0 saturated carbocycles. The number of amides is 1. The number of hydrogen-bond donors (Lipinski definition) is 0. The highest BCUT2D eigenvalue weighted by Gasteiger charge is 2.31. The molecule has 1 aromatic carbocycles. The van der Waals surface area contributed by atoms with Gasteiger partial charge < -0.3 is 19.1 Å². The fraction of sp³-hybridized carbons (Fsp3) is 0.556. The van der Waals surface area contributed by atoms with Gasteiger partial charge in [0.05, 0.1) is 12.0 Å². The highest BCUT2D eigenvalue weighted by atomic mass is 32.2. The summed E-state index contributed by atoms with van der Waals surface area (Å²) in [5.41, 5.74) is 0. The van der Waals surface area contributed by atoms with Gasteiger partial charge in [-0.3, -0.25) is 4.79 Å². The molecule has 1 aromatic rings. The lowest BCUT2D eigenvalue weighted by molar-refractivity contribution is -0.160. The molecule has 28 heavy (non-hydrogen) atoms. The number of ether oxygens (including phenoxy) is 3. The summed E-state index contributed by atoms with van der Waals surface area (Å²) < 4.78 is 42.1. The zero-order valence-corrected chi connectivity index (χ0v) is 16.5. The van der Waals surface area contributed by atoms with Crippen LogP contribution in [0.2, 0.25) is 0 Å². The second-order valence-corrected chi connectivity index (χ2v) is 8.51. The van der Waals surface area contributed by atoms with Crippen molar-refractivity contribution in [1.82, 2.24) is 9.21 Å². The Morgan fingerprint density at radius 3 is 2.39 bits per heavy atom. The number of methoxy groups -OCH3 is 1. The van der Waals surface area contributed by atoms with Crippen LogP contribution in [0.3, 0.4) is 0 Å². The van der Waals surface area contributed by atoms with E-state index < -0.39 is 22.1 Å².